The van der Waals surface area contributed by atoms with Gasteiger partial charge >= 0.3 is 6.18 Å². The van der Waals surface area contributed by atoms with E-state index in [-0.39, 0.29) is 23.3 Å². The first kappa shape index (κ1) is 21.5. The van der Waals surface area contributed by atoms with Gasteiger partial charge in [0.25, 0.3) is 0 Å². The molecule has 128 valence electrons. The number of hydrogen-bond acceptors (Lipinski definition) is 5. The van der Waals surface area contributed by atoms with Crippen LogP contribution in [0.2, 0.25) is 0 Å². The minimum absolute atomic E-state index is 0. The van der Waals surface area contributed by atoms with Gasteiger partial charge in [-0.05, 0) is 24.9 Å². The summed E-state index contributed by atoms with van der Waals surface area (Å²) in [5.41, 5.74) is 4.81. The van der Waals surface area contributed by atoms with E-state index in [0.29, 0.717) is 12.8 Å². The van der Waals surface area contributed by atoms with E-state index in [4.69, 9.17) is 5.73 Å². The van der Waals surface area contributed by atoms with E-state index in [2.05, 4.69) is 10.3 Å². The molecule has 0 aromatic carbocycles. The molecular formula is C12H19ClF3N3OS2. The van der Waals surface area contributed by atoms with Crippen molar-refractivity contribution in [1.82, 2.24) is 10.3 Å². The van der Waals surface area contributed by atoms with Gasteiger partial charge in [-0.3, -0.25) is 4.79 Å². The van der Waals surface area contributed by atoms with Gasteiger partial charge in [0.05, 0.1) is 12.1 Å². The van der Waals surface area contributed by atoms with Gasteiger partial charge in [0.2, 0.25) is 5.91 Å². The van der Waals surface area contributed by atoms with Crippen LogP contribution in [0.3, 0.4) is 0 Å². The number of nitrogens with two attached hydrogens (primary N) is 1. The van der Waals surface area contributed by atoms with E-state index in [1.807, 2.05) is 6.26 Å². The van der Waals surface area contributed by atoms with E-state index >= 15 is 0 Å². The molecule has 1 aromatic rings. The number of nitrogens with zero attached hydrogens (tertiary/aromatic N) is 1. The van der Waals surface area contributed by atoms with E-state index in [0.717, 1.165) is 22.5 Å². The fourth-order valence-corrected chi connectivity index (χ4v) is 3.02. The third-order valence-corrected chi connectivity index (χ3v) is 4.41. The molecule has 1 heterocycles. The van der Waals surface area contributed by atoms with Crippen molar-refractivity contribution in [3.8, 4) is 0 Å². The summed E-state index contributed by atoms with van der Waals surface area (Å²) < 4.78 is 37.6. The number of thioether (sulfide) groups is 1. The zero-order valence-electron chi connectivity index (χ0n) is 12.1. The van der Waals surface area contributed by atoms with Crippen molar-refractivity contribution in [2.75, 3.05) is 12.0 Å². The molecule has 0 saturated heterocycles. The van der Waals surface area contributed by atoms with Gasteiger partial charge in [0, 0.05) is 5.38 Å². The summed E-state index contributed by atoms with van der Waals surface area (Å²) in [4.78, 5) is 15.5. The quantitative estimate of drug-likeness (QED) is 0.765. The molecule has 4 nitrogen and oxygen atoms in total. The number of nitrogens with one attached hydrogen (secondary N) is 1. The first-order chi connectivity index (χ1) is 9.79. The molecule has 0 radical (unpaired) electrons. The van der Waals surface area contributed by atoms with Crippen molar-refractivity contribution in [1.29, 1.82) is 0 Å². The Kier molecular flexibility index (Phi) is 9.37. The summed E-state index contributed by atoms with van der Waals surface area (Å²) in [6, 6.07) is -1.20. The fourth-order valence-electron chi connectivity index (χ4n) is 1.57. The molecule has 22 heavy (non-hydrogen) atoms. The SMILES string of the molecule is CCC(NC(=O)[C@@H](N)CCSC)c1nc(C(F)(F)F)cs1.Cl. The third kappa shape index (κ3) is 6.31. The first-order valence-electron chi connectivity index (χ1n) is 6.37. The predicted molar refractivity (Wildman–Crippen MR) is 86.5 cm³/mol. The molecule has 10 heteroatoms. The van der Waals surface area contributed by atoms with Gasteiger partial charge in [-0.2, -0.15) is 24.9 Å². The molecule has 0 aliphatic carbocycles. The van der Waals surface area contributed by atoms with Crippen LogP contribution in [-0.2, 0) is 11.0 Å². The highest BCUT2D eigenvalue weighted by Crippen LogP contribution is 2.32. The number of halogens is 4. The van der Waals surface area contributed by atoms with Gasteiger partial charge in [0.1, 0.15) is 5.01 Å². The summed E-state index contributed by atoms with van der Waals surface area (Å²) in [5.74, 6) is 0.389. The fraction of sp³-hybridized carbons (Fsp3) is 0.667. The molecule has 1 amide bonds. The Morgan fingerprint density at radius 1 is 1.55 bits per heavy atom. The molecule has 0 bridgehead atoms. The lowest BCUT2D eigenvalue weighted by atomic mass is 10.2. The Labute approximate surface area is 141 Å². The zero-order valence-corrected chi connectivity index (χ0v) is 14.6. The molecule has 2 atom stereocenters. The van der Waals surface area contributed by atoms with Crippen LogP contribution in [-0.4, -0.2) is 28.9 Å². The van der Waals surface area contributed by atoms with Gasteiger partial charge in [-0.15, -0.1) is 23.7 Å². The monoisotopic (exact) mass is 377 g/mol. The Balaban J connectivity index is 0.00000441. The number of aromatic nitrogens is 1. The highest BCUT2D eigenvalue weighted by Gasteiger charge is 2.34. The van der Waals surface area contributed by atoms with Crippen LogP contribution in [0.15, 0.2) is 5.38 Å². The van der Waals surface area contributed by atoms with Crippen molar-refractivity contribution in [3.05, 3.63) is 16.1 Å². The zero-order chi connectivity index (χ0) is 16.0. The minimum atomic E-state index is -4.47. The number of carbonyl (C=O) groups excluding carboxylic acids is 1. The van der Waals surface area contributed by atoms with Crippen LogP contribution in [0.4, 0.5) is 13.2 Å². The van der Waals surface area contributed by atoms with E-state index in [9.17, 15) is 18.0 Å². The maximum atomic E-state index is 12.5. The Bertz CT molecular complexity index is 471. The molecule has 0 fully saturated rings. The molecule has 0 aliphatic rings. The number of carbonyl (C=O) groups is 1. The maximum Gasteiger partial charge on any atom is 0.434 e. The number of amides is 1. The lowest BCUT2D eigenvalue weighted by Crippen LogP contribution is -2.42. The topological polar surface area (TPSA) is 68.0 Å². The standard InChI is InChI=1S/C12H18F3N3OS2.ClH/c1-3-8(17-10(19)7(16)4-5-20-2)11-18-9(6-21-11)12(13,14)15;/h6-8H,3-5,16H2,1-2H3,(H,17,19);1H/t7-,8?;/m0./s1. The highest BCUT2D eigenvalue weighted by molar-refractivity contribution is 7.98. The van der Waals surface area contributed by atoms with E-state index in [1.165, 1.54) is 0 Å². The molecule has 0 saturated carbocycles. The molecular weight excluding hydrogens is 359 g/mol. The smallest absolute Gasteiger partial charge is 0.346 e. The van der Waals surface area contributed by atoms with Gasteiger partial charge in [-0.1, -0.05) is 6.92 Å². The number of thiazole rings is 1. The lowest BCUT2D eigenvalue weighted by molar-refractivity contribution is -0.140. The second-order valence-electron chi connectivity index (χ2n) is 4.43. The van der Waals surface area contributed by atoms with Crippen molar-refractivity contribution in [2.24, 2.45) is 5.73 Å². The summed E-state index contributed by atoms with van der Waals surface area (Å²) in [7, 11) is 0. The molecule has 0 aliphatic heterocycles. The number of hydrogen-bond donors (Lipinski definition) is 2. The van der Waals surface area contributed by atoms with Crippen LogP contribution in [0.25, 0.3) is 0 Å². The lowest BCUT2D eigenvalue weighted by Gasteiger charge is -2.18. The summed E-state index contributed by atoms with van der Waals surface area (Å²) in [6.07, 6.45) is -1.58. The normalized spacial score (nSPS) is 14.1. The van der Waals surface area contributed by atoms with Crippen LogP contribution in [0, 0.1) is 0 Å². The maximum absolute atomic E-state index is 12.5. The van der Waals surface area contributed by atoms with Gasteiger partial charge in [0.15, 0.2) is 5.69 Å². The molecule has 0 spiro atoms. The number of rotatable bonds is 7. The average molecular weight is 378 g/mol. The Morgan fingerprint density at radius 2 is 2.18 bits per heavy atom. The van der Waals surface area contributed by atoms with E-state index in [1.54, 1.807) is 18.7 Å². The Hall–Kier alpha value is -0.510. The summed E-state index contributed by atoms with van der Waals surface area (Å²) in [5, 5.41) is 3.87. The molecule has 1 aromatic heterocycles. The van der Waals surface area contributed by atoms with Crippen molar-refractivity contribution >= 4 is 41.4 Å². The highest BCUT2D eigenvalue weighted by atomic mass is 35.5. The van der Waals surface area contributed by atoms with Crippen LogP contribution in [0.5, 0.6) is 0 Å². The van der Waals surface area contributed by atoms with Crippen LogP contribution in [0.1, 0.15) is 36.5 Å². The van der Waals surface area contributed by atoms with Crippen molar-refractivity contribution < 1.29 is 18.0 Å². The first-order valence-corrected chi connectivity index (χ1v) is 8.64. The molecule has 1 rings (SSSR count). The molecule has 1 unspecified atom stereocenters. The van der Waals surface area contributed by atoms with Crippen molar-refractivity contribution in [2.45, 2.75) is 38.0 Å². The minimum Gasteiger partial charge on any atom is -0.346 e. The van der Waals surface area contributed by atoms with Gasteiger partial charge in [-0.25, -0.2) is 4.98 Å². The van der Waals surface area contributed by atoms with E-state index < -0.39 is 24.0 Å². The summed E-state index contributed by atoms with van der Waals surface area (Å²) >= 11 is 2.47. The van der Waals surface area contributed by atoms with Crippen LogP contribution >= 0.6 is 35.5 Å². The second kappa shape index (κ2) is 9.59. The average Bonchev–Trinajstić information content (AvgIpc) is 2.91. The Morgan fingerprint density at radius 3 is 2.64 bits per heavy atom. The second-order valence-corrected chi connectivity index (χ2v) is 6.30. The largest absolute Gasteiger partial charge is 0.434 e. The molecule has 3 N–H and O–H groups in total. The predicted octanol–water partition coefficient (Wildman–Crippen LogP) is 3.23. The van der Waals surface area contributed by atoms with Gasteiger partial charge < -0.3 is 11.1 Å². The number of alkyl halides is 3. The van der Waals surface area contributed by atoms with Crippen LogP contribution < -0.4 is 11.1 Å². The summed E-state index contributed by atoms with van der Waals surface area (Å²) in [6.45, 7) is 1.77. The van der Waals surface area contributed by atoms with Crippen molar-refractivity contribution in [3.63, 3.8) is 0 Å². The third-order valence-electron chi connectivity index (χ3n) is 2.80.